The van der Waals surface area contributed by atoms with Crippen LogP contribution in [-0.2, 0) is 6.54 Å². The van der Waals surface area contributed by atoms with Crippen molar-refractivity contribution in [1.29, 1.82) is 0 Å². The highest BCUT2D eigenvalue weighted by Crippen LogP contribution is 2.31. The lowest BCUT2D eigenvalue weighted by Crippen LogP contribution is -2.32. The molecule has 2 aromatic heterocycles. The number of fused-ring (bicyclic) bond motifs is 1. The van der Waals surface area contributed by atoms with Crippen LogP contribution in [-0.4, -0.2) is 18.1 Å². The Morgan fingerprint density at radius 3 is 3.18 bits per heavy atom. The maximum absolute atomic E-state index is 5.59. The monoisotopic (exact) mass is 310 g/mol. The molecule has 2 aromatic rings. The van der Waals surface area contributed by atoms with Gasteiger partial charge in [0.2, 0.25) is 0 Å². The predicted molar refractivity (Wildman–Crippen MR) is 72.8 cm³/mol. The summed E-state index contributed by atoms with van der Waals surface area (Å²) in [4.78, 5) is 7.99. The van der Waals surface area contributed by atoms with Gasteiger partial charge in [0.25, 0.3) is 0 Å². The summed E-state index contributed by atoms with van der Waals surface area (Å²) in [7, 11) is 0. The van der Waals surface area contributed by atoms with E-state index in [0.29, 0.717) is 0 Å². The van der Waals surface area contributed by atoms with Gasteiger partial charge in [-0.25, -0.2) is 4.98 Å². The molecule has 0 spiro atoms. The van der Waals surface area contributed by atoms with Crippen LogP contribution in [0.4, 0.5) is 5.82 Å². The third-order valence-electron chi connectivity index (χ3n) is 2.64. The number of aromatic nitrogens is 1. The Bertz CT molecular complexity index is 529. The van der Waals surface area contributed by atoms with Gasteiger partial charge >= 0.3 is 0 Å². The minimum Gasteiger partial charge on any atom is -0.488 e. The number of hydrogen-bond donors (Lipinski definition) is 0. The van der Waals surface area contributed by atoms with E-state index < -0.39 is 0 Å². The Kier molecular flexibility index (Phi) is 3.03. The Morgan fingerprint density at radius 1 is 1.41 bits per heavy atom. The van der Waals surface area contributed by atoms with Gasteiger partial charge in [0.05, 0.1) is 16.9 Å². The van der Waals surface area contributed by atoms with Crippen LogP contribution in [0.5, 0.6) is 5.75 Å². The van der Waals surface area contributed by atoms with Crippen LogP contribution in [0.1, 0.15) is 4.88 Å². The van der Waals surface area contributed by atoms with Crippen molar-refractivity contribution in [1.82, 2.24) is 4.98 Å². The van der Waals surface area contributed by atoms with E-state index in [1.165, 1.54) is 8.66 Å². The van der Waals surface area contributed by atoms with Crippen molar-refractivity contribution >= 4 is 33.1 Å². The van der Waals surface area contributed by atoms with Crippen LogP contribution in [0.2, 0.25) is 0 Å². The molecule has 5 heteroatoms. The zero-order valence-electron chi connectivity index (χ0n) is 9.10. The second-order valence-corrected chi connectivity index (χ2v) is 6.35. The molecular formula is C12H11BrN2OS. The summed E-state index contributed by atoms with van der Waals surface area (Å²) in [5.74, 6) is 1.83. The van der Waals surface area contributed by atoms with Crippen molar-refractivity contribution in [2.24, 2.45) is 0 Å². The molecule has 1 aliphatic rings. The molecule has 88 valence electrons. The summed E-state index contributed by atoms with van der Waals surface area (Å²) >= 11 is 5.25. The van der Waals surface area contributed by atoms with E-state index in [1.807, 2.05) is 18.3 Å². The Balaban J connectivity index is 1.85. The first-order valence-electron chi connectivity index (χ1n) is 5.40. The summed E-state index contributed by atoms with van der Waals surface area (Å²) in [6.45, 7) is 2.51. The van der Waals surface area contributed by atoms with Gasteiger partial charge in [-0.15, -0.1) is 11.3 Å². The number of rotatable bonds is 2. The van der Waals surface area contributed by atoms with Gasteiger partial charge in [0.1, 0.15) is 6.61 Å². The Labute approximate surface area is 112 Å². The lowest BCUT2D eigenvalue weighted by Gasteiger charge is -2.29. The second-order valence-electron chi connectivity index (χ2n) is 3.80. The highest BCUT2D eigenvalue weighted by atomic mass is 79.9. The molecule has 0 fully saturated rings. The molecule has 0 saturated carbocycles. The van der Waals surface area contributed by atoms with E-state index in [9.17, 15) is 0 Å². The quantitative estimate of drug-likeness (QED) is 0.851. The van der Waals surface area contributed by atoms with Crippen LogP contribution in [0.15, 0.2) is 34.2 Å². The normalized spacial score (nSPS) is 14.3. The van der Waals surface area contributed by atoms with Crippen LogP contribution in [0.25, 0.3) is 0 Å². The first-order chi connectivity index (χ1) is 8.33. The molecule has 0 atom stereocenters. The molecule has 3 heterocycles. The fraction of sp³-hybridized carbons (Fsp3) is 0.250. The highest BCUT2D eigenvalue weighted by molar-refractivity contribution is 9.11. The van der Waals surface area contributed by atoms with Gasteiger partial charge in [0.15, 0.2) is 11.6 Å². The van der Waals surface area contributed by atoms with Crippen molar-refractivity contribution in [2.75, 3.05) is 18.1 Å². The number of hydrogen-bond acceptors (Lipinski definition) is 4. The van der Waals surface area contributed by atoms with E-state index in [4.69, 9.17) is 4.74 Å². The van der Waals surface area contributed by atoms with Crippen LogP contribution < -0.4 is 9.64 Å². The average molecular weight is 311 g/mol. The van der Waals surface area contributed by atoms with Gasteiger partial charge < -0.3 is 9.64 Å². The van der Waals surface area contributed by atoms with E-state index in [0.717, 1.165) is 31.3 Å². The van der Waals surface area contributed by atoms with E-state index in [1.54, 1.807) is 11.3 Å². The standard InChI is InChI=1S/C12H11BrN2OS/c13-11-4-3-9(17-11)8-15-6-7-16-10-2-1-5-14-12(10)15/h1-5H,6-8H2. The topological polar surface area (TPSA) is 25.4 Å². The molecular weight excluding hydrogens is 300 g/mol. The third kappa shape index (κ3) is 2.30. The molecule has 1 aliphatic heterocycles. The zero-order valence-corrected chi connectivity index (χ0v) is 11.5. The van der Waals surface area contributed by atoms with Crippen molar-refractivity contribution in [3.63, 3.8) is 0 Å². The molecule has 0 amide bonds. The van der Waals surface area contributed by atoms with Gasteiger partial charge in [0, 0.05) is 11.1 Å². The number of pyridine rings is 1. The summed E-state index contributed by atoms with van der Waals surface area (Å²) < 4.78 is 6.76. The highest BCUT2D eigenvalue weighted by Gasteiger charge is 2.19. The number of thiophene rings is 1. The maximum atomic E-state index is 5.59. The predicted octanol–water partition coefficient (Wildman–Crippen LogP) is 3.30. The van der Waals surface area contributed by atoms with Gasteiger partial charge in [-0.1, -0.05) is 0 Å². The van der Waals surface area contributed by atoms with Crippen molar-refractivity contribution in [3.8, 4) is 5.75 Å². The molecule has 0 aromatic carbocycles. The van der Waals surface area contributed by atoms with Gasteiger partial charge in [-0.05, 0) is 40.2 Å². The zero-order chi connectivity index (χ0) is 11.7. The summed E-state index contributed by atoms with van der Waals surface area (Å²) in [5.41, 5.74) is 0. The first-order valence-corrected chi connectivity index (χ1v) is 7.01. The number of anilines is 1. The molecule has 0 saturated heterocycles. The second kappa shape index (κ2) is 4.66. The largest absolute Gasteiger partial charge is 0.488 e. The van der Waals surface area contributed by atoms with E-state index in [2.05, 4.69) is 37.9 Å². The van der Waals surface area contributed by atoms with Gasteiger partial charge in [-0.2, -0.15) is 0 Å². The van der Waals surface area contributed by atoms with Crippen LogP contribution in [0.3, 0.4) is 0 Å². The fourth-order valence-corrected chi connectivity index (χ4v) is 3.38. The number of nitrogens with zero attached hydrogens (tertiary/aromatic N) is 2. The SMILES string of the molecule is Brc1ccc(CN2CCOc3cccnc32)s1. The van der Waals surface area contributed by atoms with E-state index >= 15 is 0 Å². The summed E-state index contributed by atoms with van der Waals surface area (Å²) in [5, 5.41) is 0. The molecule has 0 bridgehead atoms. The molecule has 3 nitrogen and oxygen atoms in total. The van der Waals surface area contributed by atoms with Crippen molar-refractivity contribution in [3.05, 3.63) is 39.1 Å². The minimum absolute atomic E-state index is 0.727. The number of ether oxygens (including phenoxy) is 1. The molecule has 0 aliphatic carbocycles. The summed E-state index contributed by atoms with van der Waals surface area (Å²) in [6, 6.07) is 8.11. The molecule has 17 heavy (non-hydrogen) atoms. The number of halogens is 1. The third-order valence-corrected chi connectivity index (χ3v) is 4.25. The Morgan fingerprint density at radius 2 is 2.35 bits per heavy atom. The average Bonchev–Trinajstić information content (AvgIpc) is 2.75. The Hall–Kier alpha value is -1.07. The van der Waals surface area contributed by atoms with Crippen molar-refractivity contribution < 1.29 is 4.74 Å². The van der Waals surface area contributed by atoms with E-state index in [-0.39, 0.29) is 0 Å². The lowest BCUT2D eigenvalue weighted by atomic mass is 10.3. The molecule has 0 unspecified atom stereocenters. The van der Waals surface area contributed by atoms with Crippen LogP contribution in [0, 0.1) is 0 Å². The maximum Gasteiger partial charge on any atom is 0.171 e. The summed E-state index contributed by atoms with van der Waals surface area (Å²) in [6.07, 6.45) is 1.81. The van der Waals surface area contributed by atoms with Gasteiger partial charge in [-0.3, -0.25) is 0 Å². The first kappa shape index (κ1) is 11.0. The van der Waals surface area contributed by atoms with Crippen molar-refractivity contribution in [2.45, 2.75) is 6.54 Å². The fourth-order valence-electron chi connectivity index (χ4n) is 1.88. The van der Waals surface area contributed by atoms with Crippen LogP contribution >= 0.6 is 27.3 Å². The molecule has 0 radical (unpaired) electrons. The smallest absolute Gasteiger partial charge is 0.171 e. The molecule has 0 N–H and O–H groups in total. The molecule has 3 rings (SSSR count). The minimum atomic E-state index is 0.727. The lowest BCUT2D eigenvalue weighted by molar-refractivity contribution is 0.304.